The van der Waals surface area contributed by atoms with Crippen LogP contribution in [0.1, 0.15) is 11.1 Å². The van der Waals surface area contributed by atoms with Crippen LogP contribution in [0.2, 0.25) is 0 Å². The Kier molecular flexibility index (Phi) is 7.60. The molecule has 0 bridgehead atoms. The molecule has 1 rings (SSSR count). The highest BCUT2D eigenvalue weighted by Gasteiger charge is 2.05. The van der Waals surface area contributed by atoms with Gasteiger partial charge in [-0.25, -0.2) is 0 Å². The molecular formula is C14H23NO3. The summed E-state index contributed by atoms with van der Waals surface area (Å²) >= 11 is 0. The average molecular weight is 253 g/mol. The van der Waals surface area contributed by atoms with Gasteiger partial charge in [0.25, 0.3) is 0 Å². The minimum Gasteiger partial charge on any atom is -0.392 e. The van der Waals surface area contributed by atoms with Crippen LogP contribution in [-0.2, 0) is 22.6 Å². The molecule has 0 aromatic heterocycles. The lowest BCUT2D eigenvalue weighted by atomic mass is 10.1. The maximum Gasteiger partial charge on any atom is 0.0681 e. The molecule has 0 radical (unpaired) electrons. The number of aliphatic hydroxyl groups is 1. The largest absolute Gasteiger partial charge is 0.392 e. The fourth-order valence-electron chi connectivity index (χ4n) is 1.72. The number of methoxy groups -OCH3 is 2. The monoisotopic (exact) mass is 253 g/mol. The van der Waals surface area contributed by atoms with Gasteiger partial charge in [-0.15, -0.1) is 0 Å². The first kappa shape index (κ1) is 15.1. The van der Waals surface area contributed by atoms with E-state index in [2.05, 4.69) is 17.0 Å². The van der Waals surface area contributed by atoms with Gasteiger partial charge in [-0.1, -0.05) is 24.3 Å². The first-order valence-electron chi connectivity index (χ1n) is 6.19. The molecule has 0 fully saturated rings. The van der Waals surface area contributed by atoms with E-state index in [1.54, 1.807) is 14.2 Å². The lowest BCUT2D eigenvalue weighted by molar-refractivity contribution is 0.110. The smallest absolute Gasteiger partial charge is 0.0681 e. The van der Waals surface area contributed by atoms with Crippen LogP contribution in [0.15, 0.2) is 24.3 Å². The molecule has 18 heavy (non-hydrogen) atoms. The van der Waals surface area contributed by atoms with E-state index < -0.39 is 0 Å². The molecule has 0 aliphatic rings. The molecule has 102 valence electrons. The molecule has 4 heteroatoms. The Morgan fingerprint density at radius 2 is 1.44 bits per heavy atom. The fourth-order valence-corrected chi connectivity index (χ4v) is 1.72. The van der Waals surface area contributed by atoms with Crippen molar-refractivity contribution in [2.45, 2.75) is 13.2 Å². The average Bonchev–Trinajstić information content (AvgIpc) is 2.42. The molecule has 1 N–H and O–H groups in total. The van der Waals surface area contributed by atoms with Crippen LogP contribution >= 0.6 is 0 Å². The zero-order valence-corrected chi connectivity index (χ0v) is 11.3. The first-order chi connectivity index (χ1) is 8.80. The van der Waals surface area contributed by atoms with Crippen molar-refractivity contribution >= 4 is 0 Å². The number of ether oxygens (including phenoxy) is 2. The van der Waals surface area contributed by atoms with E-state index in [4.69, 9.17) is 14.6 Å². The maximum atomic E-state index is 9.00. The minimum atomic E-state index is 0.0946. The molecule has 1 aromatic carbocycles. The van der Waals surface area contributed by atoms with Crippen molar-refractivity contribution in [2.75, 3.05) is 40.5 Å². The third-order valence-electron chi connectivity index (χ3n) is 2.84. The van der Waals surface area contributed by atoms with Gasteiger partial charge in [-0.3, -0.25) is 4.90 Å². The van der Waals surface area contributed by atoms with Crippen LogP contribution in [0, 0.1) is 0 Å². The Morgan fingerprint density at radius 3 is 1.89 bits per heavy atom. The molecule has 0 saturated carbocycles. The molecule has 1 aromatic rings. The van der Waals surface area contributed by atoms with Crippen LogP contribution in [0.5, 0.6) is 0 Å². The highest BCUT2D eigenvalue weighted by atomic mass is 16.5. The van der Waals surface area contributed by atoms with E-state index in [1.165, 1.54) is 5.56 Å². The van der Waals surface area contributed by atoms with Crippen molar-refractivity contribution in [3.05, 3.63) is 35.4 Å². The summed E-state index contributed by atoms with van der Waals surface area (Å²) in [5.41, 5.74) is 2.18. The van der Waals surface area contributed by atoms with Crippen molar-refractivity contribution in [2.24, 2.45) is 0 Å². The van der Waals surface area contributed by atoms with Crippen molar-refractivity contribution in [3.63, 3.8) is 0 Å². The second-order valence-electron chi connectivity index (χ2n) is 4.24. The normalized spacial score (nSPS) is 11.1. The van der Waals surface area contributed by atoms with Gasteiger partial charge in [-0.2, -0.15) is 0 Å². The number of hydrogen-bond donors (Lipinski definition) is 1. The summed E-state index contributed by atoms with van der Waals surface area (Å²) in [7, 11) is 3.43. The SMILES string of the molecule is COCCN(CCOC)Cc1ccc(CO)cc1. The minimum absolute atomic E-state index is 0.0946. The first-order valence-corrected chi connectivity index (χ1v) is 6.19. The van der Waals surface area contributed by atoms with Crippen LogP contribution in [0.3, 0.4) is 0 Å². The molecule has 0 amide bonds. The lowest BCUT2D eigenvalue weighted by Gasteiger charge is -2.21. The second-order valence-corrected chi connectivity index (χ2v) is 4.24. The van der Waals surface area contributed by atoms with Crippen LogP contribution in [-0.4, -0.2) is 50.5 Å². The molecule has 0 aliphatic carbocycles. The fraction of sp³-hybridized carbons (Fsp3) is 0.571. The molecular weight excluding hydrogens is 230 g/mol. The number of rotatable bonds is 9. The van der Waals surface area contributed by atoms with Gasteiger partial charge in [-0.05, 0) is 11.1 Å². The van der Waals surface area contributed by atoms with E-state index in [9.17, 15) is 0 Å². The Balaban J connectivity index is 2.51. The molecule has 4 nitrogen and oxygen atoms in total. The molecule has 0 atom stereocenters. The van der Waals surface area contributed by atoms with Gasteiger partial charge in [0.15, 0.2) is 0 Å². The predicted molar refractivity (Wildman–Crippen MR) is 71.4 cm³/mol. The van der Waals surface area contributed by atoms with Crippen LogP contribution in [0.4, 0.5) is 0 Å². The summed E-state index contributed by atoms with van der Waals surface area (Å²) in [6, 6.07) is 8.02. The topological polar surface area (TPSA) is 41.9 Å². The molecule has 0 heterocycles. The standard InChI is InChI=1S/C14H23NO3/c1-17-9-7-15(8-10-18-2)11-13-3-5-14(12-16)6-4-13/h3-6,16H,7-12H2,1-2H3. The molecule has 0 saturated heterocycles. The summed E-state index contributed by atoms with van der Waals surface area (Å²) in [5.74, 6) is 0. The summed E-state index contributed by atoms with van der Waals surface area (Å²) in [6.07, 6.45) is 0. The van der Waals surface area contributed by atoms with Gasteiger partial charge in [0.1, 0.15) is 0 Å². The van der Waals surface area contributed by atoms with Crippen LogP contribution in [0.25, 0.3) is 0 Å². The number of benzene rings is 1. The van der Waals surface area contributed by atoms with E-state index >= 15 is 0 Å². The summed E-state index contributed by atoms with van der Waals surface area (Å²) < 4.78 is 10.2. The second kappa shape index (κ2) is 9.05. The summed E-state index contributed by atoms with van der Waals surface area (Å²) in [4.78, 5) is 2.29. The van der Waals surface area contributed by atoms with Crippen molar-refractivity contribution < 1.29 is 14.6 Å². The number of hydrogen-bond acceptors (Lipinski definition) is 4. The van der Waals surface area contributed by atoms with Crippen molar-refractivity contribution in [1.29, 1.82) is 0 Å². The predicted octanol–water partition coefficient (Wildman–Crippen LogP) is 1.27. The Labute approximate surface area is 109 Å². The number of nitrogens with zero attached hydrogens (tertiary/aromatic N) is 1. The van der Waals surface area contributed by atoms with Gasteiger partial charge in [0, 0.05) is 33.9 Å². The van der Waals surface area contributed by atoms with Gasteiger partial charge >= 0.3 is 0 Å². The lowest BCUT2D eigenvalue weighted by Crippen LogP contribution is -2.30. The Bertz CT molecular complexity index is 305. The van der Waals surface area contributed by atoms with E-state index in [0.29, 0.717) is 0 Å². The molecule has 0 spiro atoms. The number of aliphatic hydroxyl groups excluding tert-OH is 1. The maximum absolute atomic E-state index is 9.00. The van der Waals surface area contributed by atoms with Gasteiger partial charge < -0.3 is 14.6 Å². The highest BCUT2D eigenvalue weighted by Crippen LogP contribution is 2.07. The van der Waals surface area contributed by atoms with E-state index in [1.807, 2.05) is 12.1 Å². The molecule has 0 unspecified atom stereocenters. The van der Waals surface area contributed by atoms with E-state index in [0.717, 1.165) is 38.4 Å². The zero-order chi connectivity index (χ0) is 13.2. The van der Waals surface area contributed by atoms with Crippen LogP contribution < -0.4 is 0 Å². The quantitative estimate of drug-likeness (QED) is 0.720. The Hall–Kier alpha value is -0.940. The van der Waals surface area contributed by atoms with Crippen molar-refractivity contribution in [1.82, 2.24) is 4.90 Å². The summed E-state index contributed by atoms with van der Waals surface area (Å²) in [5, 5.41) is 9.00. The third kappa shape index (κ3) is 5.60. The molecule has 0 aliphatic heterocycles. The highest BCUT2D eigenvalue weighted by molar-refractivity contribution is 5.21. The van der Waals surface area contributed by atoms with Gasteiger partial charge in [0.2, 0.25) is 0 Å². The van der Waals surface area contributed by atoms with Crippen molar-refractivity contribution in [3.8, 4) is 0 Å². The van der Waals surface area contributed by atoms with Gasteiger partial charge in [0.05, 0.1) is 19.8 Å². The third-order valence-corrected chi connectivity index (χ3v) is 2.84. The van der Waals surface area contributed by atoms with E-state index in [-0.39, 0.29) is 6.61 Å². The summed E-state index contributed by atoms with van der Waals surface area (Å²) in [6.45, 7) is 4.19. The Morgan fingerprint density at radius 1 is 0.944 bits per heavy atom. The zero-order valence-electron chi connectivity index (χ0n) is 11.3.